The van der Waals surface area contributed by atoms with Crippen molar-refractivity contribution in [1.29, 1.82) is 0 Å². The summed E-state index contributed by atoms with van der Waals surface area (Å²) in [4.78, 5) is 33.1. The third-order valence-electron chi connectivity index (χ3n) is 5.79. The molecule has 1 saturated heterocycles. The Hall–Kier alpha value is -2.83. The van der Waals surface area contributed by atoms with Gasteiger partial charge < -0.3 is 19.3 Å². The van der Waals surface area contributed by atoms with E-state index in [-0.39, 0.29) is 12.1 Å². The summed E-state index contributed by atoms with van der Waals surface area (Å²) in [5.41, 5.74) is 3.73. The molecule has 1 aromatic heterocycles. The number of aromatic nitrogens is 1. The van der Waals surface area contributed by atoms with E-state index in [0.29, 0.717) is 25.9 Å². The van der Waals surface area contributed by atoms with Gasteiger partial charge in [0.15, 0.2) is 0 Å². The number of carbonyl (C=O) groups excluding carboxylic acids is 2. The first kappa shape index (κ1) is 24.8. The number of benzene rings is 1. The first-order valence-electron chi connectivity index (χ1n) is 11.9. The van der Waals surface area contributed by atoms with Gasteiger partial charge in [0.25, 0.3) is 0 Å². The third kappa shape index (κ3) is 6.83. The lowest BCUT2D eigenvalue weighted by Crippen LogP contribution is -2.50. The predicted molar refractivity (Wildman–Crippen MR) is 131 cm³/mol. The standard InChI is InChI=1S/C26H37N3O4/c1-6-7-8-19-17-20-9-10-21(11-12-23(30)32-5)27-24(20)22(18-19)28-13-15-29(16-14-28)25(31)33-26(2,3)4/h9-10,17-18H,6-8,11-16H2,1-5H3. The Morgan fingerprint density at radius 1 is 1.06 bits per heavy atom. The van der Waals surface area contributed by atoms with Crippen LogP contribution in [0.25, 0.3) is 10.9 Å². The number of rotatable bonds is 7. The van der Waals surface area contributed by atoms with Crippen LogP contribution in [0.5, 0.6) is 0 Å². The summed E-state index contributed by atoms with van der Waals surface area (Å²) in [5.74, 6) is -0.231. The number of methoxy groups -OCH3 is 1. The van der Waals surface area contributed by atoms with Gasteiger partial charge in [-0.05, 0) is 57.4 Å². The van der Waals surface area contributed by atoms with Gasteiger partial charge in [-0.15, -0.1) is 0 Å². The molecule has 3 rings (SSSR count). The molecule has 0 radical (unpaired) electrons. The lowest BCUT2D eigenvalue weighted by Gasteiger charge is -2.37. The highest BCUT2D eigenvalue weighted by Gasteiger charge is 2.27. The number of aryl methyl sites for hydroxylation is 2. The zero-order valence-corrected chi connectivity index (χ0v) is 20.6. The van der Waals surface area contributed by atoms with Crippen molar-refractivity contribution >= 4 is 28.7 Å². The van der Waals surface area contributed by atoms with Crippen LogP contribution in [0.1, 0.15) is 58.2 Å². The Balaban J connectivity index is 1.84. The van der Waals surface area contributed by atoms with Gasteiger partial charge in [-0.25, -0.2) is 4.79 Å². The molecule has 1 aliphatic heterocycles. The van der Waals surface area contributed by atoms with E-state index in [4.69, 9.17) is 14.5 Å². The van der Waals surface area contributed by atoms with Crippen LogP contribution in [-0.4, -0.2) is 60.8 Å². The molecule has 1 amide bonds. The van der Waals surface area contributed by atoms with Gasteiger partial charge in [-0.2, -0.15) is 0 Å². The molecule has 1 fully saturated rings. The molecule has 0 atom stereocenters. The van der Waals surface area contributed by atoms with Gasteiger partial charge in [0.1, 0.15) is 5.60 Å². The number of ether oxygens (including phenoxy) is 2. The average molecular weight is 456 g/mol. The van der Waals surface area contributed by atoms with Crippen molar-refractivity contribution in [2.75, 3.05) is 38.2 Å². The summed E-state index contributed by atoms with van der Waals surface area (Å²) < 4.78 is 10.3. The second kappa shape index (κ2) is 10.9. The minimum Gasteiger partial charge on any atom is -0.469 e. The largest absolute Gasteiger partial charge is 0.469 e. The van der Waals surface area contributed by atoms with Crippen molar-refractivity contribution in [3.63, 3.8) is 0 Å². The molecule has 1 aliphatic rings. The molecule has 0 unspecified atom stereocenters. The van der Waals surface area contributed by atoms with E-state index in [1.54, 1.807) is 4.90 Å². The fraction of sp³-hybridized carbons (Fsp3) is 0.577. The average Bonchev–Trinajstić information content (AvgIpc) is 2.79. The Morgan fingerprint density at radius 2 is 1.79 bits per heavy atom. The van der Waals surface area contributed by atoms with Crippen molar-refractivity contribution in [3.8, 4) is 0 Å². The number of hydrogen-bond donors (Lipinski definition) is 0. The zero-order valence-electron chi connectivity index (χ0n) is 20.6. The van der Waals surface area contributed by atoms with Gasteiger partial charge in [0.2, 0.25) is 0 Å². The topological polar surface area (TPSA) is 72.0 Å². The summed E-state index contributed by atoms with van der Waals surface area (Å²) >= 11 is 0. The van der Waals surface area contributed by atoms with Crippen LogP contribution < -0.4 is 4.90 Å². The van der Waals surface area contributed by atoms with Crippen LogP contribution in [0.3, 0.4) is 0 Å². The number of hydrogen-bond acceptors (Lipinski definition) is 6. The molecule has 0 aliphatic carbocycles. The number of carbonyl (C=O) groups is 2. The molecule has 1 aromatic carbocycles. The highest BCUT2D eigenvalue weighted by Crippen LogP contribution is 2.30. The van der Waals surface area contributed by atoms with E-state index in [0.717, 1.165) is 54.6 Å². The molecule has 2 aromatic rings. The molecule has 0 bridgehead atoms. The highest BCUT2D eigenvalue weighted by molar-refractivity contribution is 5.92. The monoisotopic (exact) mass is 455 g/mol. The predicted octanol–water partition coefficient (Wildman–Crippen LogP) is 4.74. The minimum absolute atomic E-state index is 0.231. The van der Waals surface area contributed by atoms with Crippen molar-refractivity contribution in [1.82, 2.24) is 9.88 Å². The van der Waals surface area contributed by atoms with Gasteiger partial charge in [0, 0.05) is 43.7 Å². The Kier molecular flexibility index (Phi) is 8.16. The summed E-state index contributed by atoms with van der Waals surface area (Å²) in [5, 5.41) is 1.11. The Bertz CT molecular complexity index is 975. The van der Waals surface area contributed by atoms with Crippen molar-refractivity contribution in [2.24, 2.45) is 0 Å². The number of nitrogens with zero attached hydrogens (tertiary/aromatic N) is 3. The molecule has 180 valence electrons. The van der Waals surface area contributed by atoms with Crippen LogP contribution in [-0.2, 0) is 27.1 Å². The summed E-state index contributed by atoms with van der Waals surface area (Å²) in [7, 11) is 1.41. The lowest BCUT2D eigenvalue weighted by atomic mass is 10.0. The number of esters is 1. The molecule has 33 heavy (non-hydrogen) atoms. The van der Waals surface area contributed by atoms with Gasteiger partial charge in [-0.3, -0.25) is 9.78 Å². The first-order chi connectivity index (χ1) is 15.7. The smallest absolute Gasteiger partial charge is 0.410 e. The summed E-state index contributed by atoms with van der Waals surface area (Å²) in [6, 6.07) is 8.57. The maximum absolute atomic E-state index is 12.5. The van der Waals surface area contributed by atoms with Gasteiger partial charge in [0.05, 0.1) is 24.7 Å². The van der Waals surface area contributed by atoms with E-state index in [2.05, 4.69) is 30.0 Å². The molecule has 0 N–H and O–H groups in total. The number of fused-ring (bicyclic) bond motifs is 1. The number of anilines is 1. The maximum atomic E-state index is 12.5. The normalized spacial score (nSPS) is 14.5. The Labute approximate surface area is 197 Å². The minimum atomic E-state index is -0.497. The quantitative estimate of drug-likeness (QED) is 0.562. The molecular weight excluding hydrogens is 418 g/mol. The van der Waals surface area contributed by atoms with E-state index < -0.39 is 5.60 Å². The van der Waals surface area contributed by atoms with E-state index in [9.17, 15) is 9.59 Å². The number of amides is 1. The maximum Gasteiger partial charge on any atom is 0.410 e. The molecule has 0 spiro atoms. The van der Waals surface area contributed by atoms with Gasteiger partial charge in [-0.1, -0.05) is 19.4 Å². The summed E-state index contributed by atoms with van der Waals surface area (Å²) in [6.45, 7) is 10.5. The molecule has 0 saturated carbocycles. The molecular formula is C26H37N3O4. The van der Waals surface area contributed by atoms with E-state index in [1.807, 2.05) is 26.8 Å². The van der Waals surface area contributed by atoms with Crippen LogP contribution in [0, 0.1) is 0 Å². The zero-order chi connectivity index (χ0) is 24.0. The number of pyridine rings is 1. The van der Waals surface area contributed by atoms with Crippen molar-refractivity contribution < 1.29 is 19.1 Å². The fourth-order valence-electron chi connectivity index (χ4n) is 4.01. The molecule has 7 nitrogen and oxygen atoms in total. The fourth-order valence-corrected chi connectivity index (χ4v) is 4.01. The van der Waals surface area contributed by atoms with Crippen LogP contribution in [0.2, 0.25) is 0 Å². The van der Waals surface area contributed by atoms with Crippen LogP contribution in [0.4, 0.5) is 10.5 Å². The second-order valence-electron chi connectivity index (χ2n) is 9.62. The number of unbranched alkanes of at least 4 members (excludes halogenated alkanes) is 1. The van der Waals surface area contributed by atoms with Crippen molar-refractivity contribution in [3.05, 3.63) is 35.5 Å². The van der Waals surface area contributed by atoms with Gasteiger partial charge >= 0.3 is 12.1 Å². The lowest BCUT2D eigenvalue weighted by molar-refractivity contribution is -0.140. The molecule has 2 heterocycles. The second-order valence-corrected chi connectivity index (χ2v) is 9.62. The highest BCUT2D eigenvalue weighted by atomic mass is 16.6. The summed E-state index contributed by atoms with van der Waals surface area (Å²) in [6.07, 6.45) is 3.92. The van der Waals surface area contributed by atoms with E-state index in [1.165, 1.54) is 12.7 Å². The third-order valence-corrected chi connectivity index (χ3v) is 5.79. The Morgan fingerprint density at radius 3 is 2.42 bits per heavy atom. The van der Waals surface area contributed by atoms with Crippen molar-refractivity contribution in [2.45, 2.75) is 65.4 Å². The first-order valence-corrected chi connectivity index (χ1v) is 11.9. The molecule has 7 heteroatoms. The van der Waals surface area contributed by atoms with Crippen LogP contribution >= 0.6 is 0 Å². The SMILES string of the molecule is CCCCc1cc(N2CCN(C(=O)OC(C)(C)C)CC2)c2nc(CCC(=O)OC)ccc2c1. The van der Waals surface area contributed by atoms with Crippen LogP contribution in [0.15, 0.2) is 24.3 Å². The number of piperazine rings is 1. The van der Waals surface area contributed by atoms with E-state index >= 15 is 0 Å².